The van der Waals surface area contributed by atoms with Gasteiger partial charge >= 0.3 is 5.97 Å². The van der Waals surface area contributed by atoms with Crippen molar-refractivity contribution in [3.05, 3.63) is 34.9 Å². The number of rotatable bonds is 3. The SMILES string of the molecule is CC(=O)OC[C@](C)(O)c1ccc(Cl)cc1. The first-order valence-corrected chi connectivity index (χ1v) is 4.91. The molecule has 15 heavy (non-hydrogen) atoms. The third kappa shape index (κ3) is 3.53. The molecule has 0 fully saturated rings. The van der Waals surface area contributed by atoms with Gasteiger partial charge in [-0.2, -0.15) is 0 Å². The molecule has 4 heteroatoms. The van der Waals surface area contributed by atoms with Crippen LogP contribution in [0.25, 0.3) is 0 Å². The lowest BCUT2D eigenvalue weighted by Crippen LogP contribution is -2.28. The number of carbonyl (C=O) groups is 1. The zero-order chi connectivity index (χ0) is 11.5. The maximum atomic E-state index is 10.6. The molecule has 0 amide bonds. The first-order valence-electron chi connectivity index (χ1n) is 4.53. The maximum absolute atomic E-state index is 10.6. The van der Waals surface area contributed by atoms with E-state index < -0.39 is 11.6 Å². The van der Waals surface area contributed by atoms with Gasteiger partial charge in [-0.3, -0.25) is 4.79 Å². The van der Waals surface area contributed by atoms with E-state index >= 15 is 0 Å². The van der Waals surface area contributed by atoms with Crippen molar-refractivity contribution in [2.75, 3.05) is 6.61 Å². The van der Waals surface area contributed by atoms with Crippen molar-refractivity contribution < 1.29 is 14.6 Å². The highest BCUT2D eigenvalue weighted by Crippen LogP contribution is 2.22. The van der Waals surface area contributed by atoms with Gasteiger partial charge < -0.3 is 9.84 Å². The Bertz CT molecular complexity index is 343. The number of ether oxygens (including phenoxy) is 1. The van der Waals surface area contributed by atoms with E-state index in [1.54, 1.807) is 31.2 Å². The van der Waals surface area contributed by atoms with Crippen LogP contribution >= 0.6 is 11.6 Å². The van der Waals surface area contributed by atoms with Crippen molar-refractivity contribution in [3.63, 3.8) is 0 Å². The molecular formula is C11H13ClO3. The van der Waals surface area contributed by atoms with Gasteiger partial charge in [0, 0.05) is 11.9 Å². The minimum atomic E-state index is -1.18. The largest absolute Gasteiger partial charge is 0.462 e. The van der Waals surface area contributed by atoms with Crippen LogP contribution in [0.2, 0.25) is 5.02 Å². The van der Waals surface area contributed by atoms with Gasteiger partial charge in [-0.25, -0.2) is 0 Å². The maximum Gasteiger partial charge on any atom is 0.302 e. The lowest BCUT2D eigenvalue weighted by Gasteiger charge is -2.23. The molecule has 1 aromatic carbocycles. The fourth-order valence-corrected chi connectivity index (χ4v) is 1.26. The number of carbonyl (C=O) groups excluding carboxylic acids is 1. The van der Waals surface area contributed by atoms with Crippen LogP contribution in [0.3, 0.4) is 0 Å². The van der Waals surface area contributed by atoms with Crippen molar-refractivity contribution in [2.24, 2.45) is 0 Å². The van der Waals surface area contributed by atoms with Crippen molar-refractivity contribution >= 4 is 17.6 Å². The van der Waals surface area contributed by atoms with E-state index in [0.717, 1.165) is 0 Å². The summed E-state index contributed by atoms with van der Waals surface area (Å²) in [5.74, 6) is -0.413. The Hall–Kier alpha value is -1.06. The summed E-state index contributed by atoms with van der Waals surface area (Å²) in [6.07, 6.45) is 0. The zero-order valence-corrected chi connectivity index (χ0v) is 9.41. The minimum absolute atomic E-state index is 0.0655. The Morgan fingerprint density at radius 2 is 2.00 bits per heavy atom. The Morgan fingerprint density at radius 3 is 2.47 bits per heavy atom. The summed E-state index contributed by atoms with van der Waals surface area (Å²) in [5, 5.41) is 10.6. The monoisotopic (exact) mass is 228 g/mol. The van der Waals surface area contributed by atoms with Crippen LogP contribution in [0.4, 0.5) is 0 Å². The van der Waals surface area contributed by atoms with Gasteiger partial charge in [-0.15, -0.1) is 0 Å². The smallest absolute Gasteiger partial charge is 0.302 e. The standard InChI is InChI=1S/C11H13ClO3/c1-8(13)15-7-11(2,14)9-3-5-10(12)6-4-9/h3-6,14H,7H2,1-2H3/t11-/m0/s1. The molecule has 3 nitrogen and oxygen atoms in total. The van der Waals surface area contributed by atoms with Crippen LogP contribution < -0.4 is 0 Å². The summed E-state index contributed by atoms with van der Waals surface area (Å²) in [6.45, 7) is 2.82. The molecule has 0 aliphatic carbocycles. The molecule has 0 aliphatic rings. The van der Waals surface area contributed by atoms with E-state index in [9.17, 15) is 9.90 Å². The Morgan fingerprint density at radius 1 is 1.47 bits per heavy atom. The van der Waals surface area contributed by atoms with E-state index in [2.05, 4.69) is 0 Å². The lowest BCUT2D eigenvalue weighted by molar-refractivity contribution is -0.148. The van der Waals surface area contributed by atoms with Crippen molar-refractivity contribution in [1.29, 1.82) is 0 Å². The third-order valence-electron chi connectivity index (χ3n) is 2.02. The molecule has 0 aromatic heterocycles. The van der Waals surface area contributed by atoms with Gasteiger partial charge in [0.15, 0.2) is 0 Å². The number of esters is 1. The molecule has 0 radical (unpaired) electrons. The second kappa shape index (κ2) is 4.64. The Balaban J connectivity index is 2.76. The number of hydrogen-bond donors (Lipinski definition) is 1. The zero-order valence-electron chi connectivity index (χ0n) is 8.66. The number of benzene rings is 1. The first-order chi connectivity index (χ1) is 6.92. The minimum Gasteiger partial charge on any atom is -0.462 e. The van der Waals surface area contributed by atoms with Crippen LogP contribution in [0, 0.1) is 0 Å². The molecule has 0 saturated carbocycles. The lowest BCUT2D eigenvalue weighted by atomic mass is 9.97. The van der Waals surface area contributed by atoms with E-state index in [1.165, 1.54) is 6.92 Å². The van der Waals surface area contributed by atoms with Gasteiger partial charge in [0.05, 0.1) is 0 Å². The molecule has 82 valence electrons. The quantitative estimate of drug-likeness (QED) is 0.806. The average molecular weight is 229 g/mol. The molecule has 1 N–H and O–H groups in total. The molecule has 0 bridgehead atoms. The summed E-state index contributed by atoms with van der Waals surface area (Å²) >= 11 is 5.72. The molecule has 0 heterocycles. The van der Waals surface area contributed by atoms with Gasteiger partial charge in [0.25, 0.3) is 0 Å². The fourth-order valence-electron chi connectivity index (χ4n) is 1.13. The highest BCUT2D eigenvalue weighted by molar-refractivity contribution is 6.30. The average Bonchev–Trinajstić information content (AvgIpc) is 2.16. The molecular weight excluding hydrogens is 216 g/mol. The first kappa shape index (κ1) is 12.0. The van der Waals surface area contributed by atoms with Gasteiger partial charge in [-0.05, 0) is 24.6 Å². The third-order valence-corrected chi connectivity index (χ3v) is 2.27. The van der Waals surface area contributed by atoms with E-state index in [-0.39, 0.29) is 6.61 Å². The molecule has 1 atom stereocenters. The van der Waals surface area contributed by atoms with E-state index in [1.807, 2.05) is 0 Å². The Kier molecular flexibility index (Phi) is 3.72. The summed E-state index contributed by atoms with van der Waals surface area (Å²) in [6, 6.07) is 6.76. The summed E-state index contributed by atoms with van der Waals surface area (Å²) < 4.78 is 4.77. The topological polar surface area (TPSA) is 46.5 Å². The van der Waals surface area contributed by atoms with Crippen molar-refractivity contribution in [1.82, 2.24) is 0 Å². The summed E-state index contributed by atoms with van der Waals surface area (Å²) in [7, 11) is 0. The fraction of sp³-hybridized carbons (Fsp3) is 0.364. The highest BCUT2D eigenvalue weighted by atomic mass is 35.5. The predicted octanol–water partition coefficient (Wildman–Crippen LogP) is 2.11. The van der Waals surface area contributed by atoms with Crippen LogP contribution in [-0.2, 0) is 15.1 Å². The van der Waals surface area contributed by atoms with Crippen LogP contribution in [-0.4, -0.2) is 17.7 Å². The van der Waals surface area contributed by atoms with Gasteiger partial charge in [0.1, 0.15) is 12.2 Å². The van der Waals surface area contributed by atoms with E-state index in [0.29, 0.717) is 10.6 Å². The van der Waals surface area contributed by atoms with Crippen LogP contribution in [0.15, 0.2) is 24.3 Å². The van der Waals surface area contributed by atoms with Crippen LogP contribution in [0.5, 0.6) is 0 Å². The van der Waals surface area contributed by atoms with Crippen molar-refractivity contribution in [3.8, 4) is 0 Å². The van der Waals surface area contributed by atoms with Crippen molar-refractivity contribution in [2.45, 2.75) is 19.4 Å². The normalized spacial score (nSPS) is 14.4. The molecule has 0 spiro atoms. The second-order valence-electron chi connectivity index (χ2n) is 3.56. The summed E-state index contributed by atoms with van der Waals surface area (Å²) in [4.78, 5) is 10.6. The van der Waals surface area contributed by atoms with Crippen LogP contribution in [0.1, 0.15) is 19.4 Å². The summed E-state index contributed by atoms with van der Waals surface area (Å²) in [5.41, 5.74) is -0.524. The highest BCUT2D eigenvalue weighted by Gasteiger charge is 2.24. The number of halogens is 1. The second-order valence-corrected chi connectivity index (χ2v) is 4.00. The molecule has 0 unspecified atom stereocenters. The van der Waals surface area contributed by atoms with Gasteiger partial charge in [0.2, 0.25) is 0 Å². The molecule has 1 rings (SSSR count). The molecule has 0 saturated heterocycles. The molecule has 0 aliphatic heterocycles. The number of aliphatic hydroxyl groups is 1. The molecule has 1 aromatic rings. The van der Waals surface area contributed by atoms with Gasteiger partial charge in [-0.1, -0.05) is 23.7 Å². The van der Waals surface area contributed by atoms with E-state index in [4.69, 9.17) is 16.3 Å². The predicted molar refractivity (Wildman–Crippen MR) is 57.7 cm³/mol. The number of hydrogen-bond acceptors (Lipinski definition) is 3. The Labute approximate surface area is 93.6 Å².